The van der Waals surface area contributed by atoms with Crippen LogP contribution in [0.25, 0.3) is 0 Å². The molecule has 0 amide bonds. The highest BCUT2D eigenvalue weighted by Gasteiger charge is 2.11. The van der Waals surface area contributed by atoms with E-state index in [0.29, 0.717) is 0 Å². The molecule has 0 aromatic rings. The van der Waals surface area contributed by atoms with Crippen molar-refractivity contribution < 1.29 is 0 Å². The average molecular weight is 229 g/mol. The van der Waals surface area contributed by atoms with Crippen LogP contribution in [0, 0.1) is 0 Å². The zero-order valence-corrected chi connectivity index (χ0v) is 10.2. The third-order valence-electron chi connectivity index (χ3n) is 2.34. The number of halogens is 2. The molecule has 4 heteroatoms. The summed E-state index contributed by atoms with van der Waals surface area (Å²) in [6.07, 6.45) is 5.49. The lowest BCUT2D eigenvalue weighted by molar-refractivity contribution is 0.322. The van der Waals surface area contributed by atoms with Crippen molar-refractivity contribution in [2.45, 2.75) is 31.7 Å². The third kappa shape index (κ3) is 7.56. The molecule has 82 valence electrons. The summed E-state index contributed by atoms with van der Waals surface area (Å²) >= 11 is 0. The summed E-state index contributed by atoms with van der Waals surface area (Å²) in [6, 6.07) is 0.797. The second-order valence-electron chi connectivity index (χ2n) is 3.74. The summed E-state index contributed by atoms with van der Waals surface area (Å²) in [4.78, 5) is 2.26. The van der Waals surface area contributed by atoms with Crippen LogP contribution in [0.2, 0.25) is 0 Å². The Morgan fingerprint density at radius 3 is 2.38 bits per heavy atom. The van der Waals surface area contributed by atoms with Crippen LogP contribution in [0.1, 0.15) is 25.7 Å². The minimum atomic E-state index is 0. The van der Waals surface area contributed by atoms with E-state index in [9.17, 15) is 0 Å². The van der Waals surface area contributed by atoms with Gasteiger partial charge in [0.1, 0.15) is 0 Å². The van der Waals surface area contributed by atoms with E-state index in [0.717, 1.165) is 6.04 Å². The van der Waals surface area contributed by atoms with Crippen LogP contribution in [0.4, 0.5) is 0 Å². The SMILES string of the molecule is CN(C)CCC1CCCCN1.Cl.Cl. The average Bonchev–Trinajstić information content (AvgIpc) is 2.03. The lowest BCUT2D eigenvalue weighted by Gasteiger charge is -2.24. The molecule has 1 aliphatic heterocycles. The molecule has 0 aromatic heterocycles. The van der Waals surface area contributed by atoms with Gasteiger partial charge < -0.3 is 10.2 Å². The van der Waals surface area contributed by atoms with Gasteiger partial charge in [-0.1, -0.05) is 6.42 Å². The number of rotatable bonds is 3. The van der Waals surface area contributed by atoms with Crippen molar-refractivity contribution >= 4 is 24.8 Å². The van der Waals surface area contributed by atoms with E-state index in [1.165, 1.54) is 38.8 Å². The predicted molar refractivity (Wildman–Crippen MR) is 63.3 cm³/mol. The number of hydrogen-bond donors (Lipinski definition) is 1. The molecular formula is C9H22Cl2N2. The lowest BCUT2D eigenvalue weighted by atomic mass is 10.0. The second-order valence-corrected chi connectivity index (χ2v) is 3.74. The van der Waals surface area contributed by atoms with Crippen LogP contribution in [-0.4, -0.2) is 38.1 Å². The van der Waals surface area contributed by atoms with Crippen molar-refractivity contribution in [3.05, 3.63) is 0 Å². The molecule has 2 nitrogen and oxygen atoms in total. The fourth-order valence-corrected chi connectivity index (χ4v) is 1.58. The summed E-state index contributed by atoms with van der Waals surface area (Å²) in [6.45, 7) is 2.45. The highest BCUT2D eigenvalue weighted by Crippen LogP contribution is 2.09. The first-order valence-electron chi connectivity index (χ1n) is 4.67. The molecule has 0 aliphatic carbocycles. The lowest BCUT2D eigenvalue weighted by Crippen LogP contribution is -2.36. The molecular weight excluding hydrogens is 207 g/mol. The van der Waals surface area contributed by atoms with Crippen molar-refractivity contribution in [3.8, 4) is 0 Å². The molecule has 1 saturated heterocycles. The van der Waals surface area contributed by atoms with Gasteiger partial charge in [0.25, 0.3) is 0 Å². The summed E-state index contributed by atoms with van der Waals surface area (Å²) in [7, 11) is 4.28. The standard InChI is InChI=1S/C9H20N2.2ClH/c1-11(2)8-6-9-5-3-4-7-10-9;;/h9-10H,3-8H2,1-2H3;2*1H. The van der Waals surface area contributed by atoms with E-state index < -0.39 is 0 Å². The molecule has 1 N–H and O–H groups in total. The normalized spacial score (nSPS) is 21.9. The monoisotopic (exact) mass is 228 g/mol. The maximum Gasteiger partial charge on any atom is 0.00792 e. The molecule has 0 bridgehead atoms. The van der Waals surface area contributed by atoms with Gasteiger partial charge in [-0.2, -0.15) is 0 Å². The maximum absolute atomic E-state index is 3.55. The van der Waals surface area contributed by atoms with Gasteiger partial charge in [-0.05, 0) is 46.4 Å². The first-order chi connectivity index (χ1) is 5.29. The molecule has 1 heterocycles. The number of nitrogens with zero attached hydrogens (tertiary/aromatic N) is 1. The van der Waals surface area contributed by atoms with Crippen molar-refractivity contribution in [1.29, 1.82) is 0 Å². The van der Waals surface area contributed by atoms with Gasteiger partial charge in [-0.3, -0.25) is 0 Å². The molecule has 1 atom stereocenters. The van der Waals surface area contributed by atoms with Crippen molar-refractivity contribution in [2.24, 2.45) is 0 Å². The van der Waals surface area contributed by atoms with Crippen LogP contribution >= 0.6 is 24.8 Å². The van der Waals surface area contributed by atoms with Gasteiger partial charge in [0, 0.05) is 6.04 Å². The van der Waals surface area contributed by atoms with Crippen LogP contribution in [-0.2, 0) is 0 Å². The zero-order valence-electron chi connectivity index (χ0n) is 8.58. The molecule has 0 radical (unpaired) electrons. The van der Waals surface area contributed by atoms with E-state index in [-0.39, 0.29) is 24.8 Å². The van der Waals surface area contributed by atoms with Gasteiger partial charge in [-0.25, -0.2) is 0 Å². The van der Waals surface area contributed by atoms with Gasteiger partial charge in [0.15, 0.2) is 0 Å². The Morgan fingerprint density at radius 1 is 1.23 bits per heavy atom. The van der Waals surface area contributed by atoms with Gasteiger partial charge in [-0.15, -0.1) is 24.8 Å². The zero-order chi connectivity index (χ0) is 8.10. The molecule has 13 heavy (non-hydrogen) atoms. The summed E-state index contributed by atoms with van der Waals surface area (Å²) in [5.41, 5.74) is 0. The summed E-state index contributed by atoms with van der Waals surface area (Å²) < 4.78 is 0. The maximum atomic E-state index is 3.55. The Hall–Kier alpha value is 0.500. The molecule has 0 saturated carbocycles. The Kier molecular flexibility index (Phi) is 11.1. The minimum absolute atomic E-state index is 0. The fourth-order valence-electron chi connectivity index (χ4n) is 1.58. The van der Waals surface area contributed by atoms with Crippen LogP contribution < -0.4 is 5.32 Å². The highest BCUT2D eigenvalue weighted by atomic mass is 35.5. The smallest absolute Gasteiger partial charge is 0.00792 e. The van der Waals surface area contributed by atoms with Crippen molar-refractivity contribution in [3.63, 3.8) is 0 Å². The number of piperidine rings is 1. The molecule has 0 aromatic carbocycles. The fraction of sp³-hybridized carbons (Fsp3) is 1.00. The Labute approximate surface area is 94.3 Å². The van der Waals surface area contributed by atoms with Crippen LogP contribution in [0.15, 0.2) is 0 Å². The number of hydrogen-bond acceptors (Lipinski definition) is 2. The van der Waals surface area contributed by atoms with Gasteiger partial charge >= 0.3 is 0 Å². The van der Waals surface area contributed by atoms with Gasteiger partial charge in [0.2, 0.25) is 0 Å². The molecule has 1 aliphatic rings. The van der Waals surface area contributed by atoms with Crippen molar-refractivity contribution in [2.75, 3.05) is 27.2 Å². The first-order valence-corrected chi connectivity index (χ1v) is 4.67. The highest BCUT2D eigenvalue weighted by molar-refractivity contribution is 5.85. The van der Waals surface area contributed by atoms with Gasteiger partial charge in [0.05, 0.1) is 0 Å². The summed E-state index contributed by atoms with van der Waals surface area (Å²) in [5, 5.41) is 3.55. The predicted octanol–water partition coefficient (Wildman–Crippen LogP) is 1.92. The van der Waals surface area contributed by atoms with E-state index in [1.54, 1.807) is 0 Å². The van der Waals surface area contributed by atoms with Crippen molar-refractivity contribution in [1.82, 2.24) is 10.2 Å². The first kappa shape index (κ1) is 15.9. The second kappa shape index (κ2) is 9.07. The topological polar surface area (TPSA) is 15.3 Å². The van der Waals surface area contributed by atoms with E-state index in [2.05, 4.69) is 24.3 Å². The van der Waals surface area contributed by atoms with E-state index in [4.69, 9.17) is 0 Å². The van der Waals surface area contributed by atoms with E-state index >= 15 is 0 Å². The largest absolute Gasteiger partial charge is 0.314 e. The third-order valence-corrected chi connectivity index (χ3v) is 2.34. The van der Waals surface area contributed by atoms with Crippen LogP contribution in [0.5, 0.6) is 0 Å². The Morgan fingerprint density at radius 2 is 1.92 bits per heavy atom. The Bertz CT molecular complexity index is 104. The van der Waals surface area contributed by atoms with E-state index in [1.807, 2.05) is 0 Å². The quantitative estimate of drug-likeness (QED) is 0.795. The number of nitrogens with one attached hydrogen (secondary N) is 1. The molecule has 1 unspecified atom stereocenters. The Balaban J connectivity index is 0. The summed E-state index contributed by atoms with van der Waals surface area (Å²) in [5.74, 6) is 0. The molecule has 1 fully saturated rings. The van der Waals surface area contributed by atoms with Crippen LogP contribution in [0.3, 0.4) is 0 Å². The molecule has 1 rings (SSSR count). The molecule has 0 spiro atoms. The minimum Gasteiger partial charge on any atom is -0.314 e.